The highest BCUT2D eigenvalue weighted by molar-refractivity contribution is 9.10. The first-order valence-corrected chi connectivity index (χ1v) is 6.06. The van der Waals surface area contributed by atoms with Crippen molar-refractivity contribution in [2.45, 2.75) is 6.42 Å². The van der Waals surface area contributed by atoms with Gasteiger partial charge in [-0.1, -0.05) is 28.1 Å². The first-order chi connectivity index (χ1) is 8.04. The van der Waals surface area contributed by atoms with Gasteiger partial charge in [0.1, 0.15) is 0 Å². The van der Waals surface area contributed by atoms with E-state index in [4.69, 9.17) is 0 Å². The van der Waals surface area contributed by atoms with E-state index in [1.54, 1.807) is 12.1 Å². The van der Waals surface area contributed by atoms with E-state index in [0.29, 0.717) is 0 Å². The van der Waals surface area contributed by atoms with Gasteiger partial charge >= 0.3 is 0 Å². The molecule has 0 unspecified atom stereocenters. The number of hydrogen-bond acceptors (Lipinski definition) is 3. The number of nitrogens with zero attached hydrogens (tertiary/aromatic N) is 2. The summed E-state index contributed by atoms with van der Waals surface area (Å²) in [6.45, 7) is 5.41. The molecule has 0 radical (unpaired) electrons. The highest BCUT2D eigenvalue weighted by Crippen LogP contribution is 2.23. The summed E-state index contributed by atoms with van der Waals surface area (Å²) in [5.74, 6) is 0. The maximum absolute atomic E-state index is 10.6. The van der Waals surface area contributed by atoms with Crippen molar-refractivity contribution in [3.8, 4) is 0 Å². The van der Waals surface area contributed by atoms with Crippen LogP contribution >= 0.6 is 15.9 Å². The van der Waals surface area contributed by atoms with Crippen molar-refractivity contribution < 1.29 is 4.92 Å². The van der Waals surface area contributed by atoms with Crippen LogP contribution in [0.1, 0.15) is 5.56 Å². The number of rotatable bonds is 6. The van der Waals surface area contributed by atoms with Gasteiger partial charge < -0.3 is 4.90 Å². The van der Waals surface area contributed by atoms with Crippen LogP contribution in [0.15, 0.2) is 35.3 Å². The summed E-state index contributed by atoms with van der Waals surface area (Å²) in [6, 6.07) is 4.88. The Morgan fingerprint density at radius 1 is 1.59 bits per heavy atom. The molecule has 0 aliphatic rings. The summed E-state index contributed by atoms with van der Waals surface area (Å²) < 4.78 is 0.790. The fourth-order valence-corrected chi connectivity index (χ4v) is 2.04. The van der Waals surface area contributed by atoms with E-state index >= 15 is 0 Å². The van der Waals surface area contributed by atoms with Crippen LogP contribution in [0.2, 0.25) is 0 Å². The molecule has 0 saturated carbocycles. The van der Waals surface area contributed by atoms with Crippen LogP contribution in [0.5, 0.6) is 0 Å². The van der Waals surface area contributed by atoms with E-state index in [-0.39, 0.29) is 5.69 Å². The number of non-ortho nitro benzene ring substituents is 1. The summed E-state index contributed by atoms with van der Waals surface area (Å²) >= 11 is 3.36. The van der Waals surface area contributed by atoms with Gasteiger partial charge in [0.15, 0.2) is 0 Å². The summed E-state index contributed by atoms with van der Waals surface area (Å²) in [5.41, 5.74) is 1.19. The third kappa shape index (κ3) is 4.28. The topological polar surface area (TPSA) is 46.4 Å². The van der Waals surface area contributed by atoms with Crippen molar-refractivity contribution in [3.63, 3.8) is 0 Å². The van der Waals surface area contributed by atoms with Crippen molar-refractivity contribution >= 4 is 21.6 Å². The molecule has 0 aliphatic carbocycles. The van der Waals surface area contributed by atoms with Gasteiger partial charge in [-0.05, 0) is 19.0 Å². The van der Waals surface area contributed by atoms with Crippen LogP contribution in [0.25, 0.3) is 0 Å². The zero-order valence-electron chi connectivity index (χ0n) is 9.73. The second-order valence-corrected chi connectivity index (χ2v) is 4.69. The smallest absolute Gasteiger partial charge is 0.270 e. The van der Waals surface area contributed by atoms with Crippen LogP contribution < -0.4 is 0 Å². The molecule has 0 heterocycles. The van der Waals surface area contributed by atoms with Crippen molar-refractivity contribution in [3.05, 3.63) is 51.0 Å². The Morgan fingerprint density at radius 3 is 2.82 bits per heavy atom. The van der Waals surface area contributed by atoms with E-state index in [2.05, 4.69) is 27.4 Å². The number of halogens is 1. The van der Waals surface area contributed by atoms with Gasteiger partial charge in [-0.3, -0.25) is 10.1 Å². The second kappa shape index (κ2) is 6.51. The van der Waals surface area contributed by atoms with E-state index in [1.165, 1.54) is 6.07 Å². The molecular formula is C12H15BrN2O2. The van der Waals surface area contributed by atoms with Crippen LogP contribution in [0.3, 0.4) is 0 Å². The van der Waals surface area contributed by atoms with Crippen molar-refractivity contribution in [2.75, 3.05) is 20.1 Å². The van der Waals surface area contributed by atoms with E-state index in [9.17, 15) is 10.1 Å². The molecule has 4 nitrogen and oxygen atoms in total. The lowest BCUT2D eigenvalue weighted by Crippen LogP contribution is -2.21. The maximum Gasteiger partial charge on any atom is 0.270 e. The monoisotopic (exact) mass is 298 g/mol. The SMILES string of the molecule is C=CCN(C)CCc1ccc([N+](=O)[O-])cc1Br. The molecule has 0 fully saturated rings. The van der Waals surface area contributed by atoms with E-state index in [0.717, 1.165) is 29.5 Å². The third-order valence-corrected chi connectivity index (χ3v) is 3.19. The van der Waals surface area contributed by atoms with Crippen LogP contribution in [0.4, 0.5) is 5.69 Å². The zero-order valence-corrected chi connectivity index (χ0v) is 11.3. The molecular weight excluding hydrogens is 284 g/mol. The predicted octanol–water partition coefficient (Wildman–Crippen LogP) is 3.02. The van der Waals surface area contributed by atoms with E-state index < -0.39 is 4.92 Å². The largest absolute Gasteiger partial charge is 0.302 e. The van der Waals surface area contributed by atoms with Crippen LogP contribution in [0, 0.1) is 10.1 Å². The molecule has 1 aromatic carbocycles. The number of likely N-dealkylation sites (N-methyl/N-ethyl adjacent to an activating group) is 1. The van der Waals surface area contributed by atoms with Gasteiger partial charge in [-0.25, -0.2) is 0 Å². The average Bonchev–Trinajstić information content (AvgIpc) is 2.27. The molecule has 1 rings (SSSR count). The highest BCUT2D eigenvalue weighted by atomic mass is 79.9. The second-order valence-electron chi connectivity index (χ2n) is 3.83. The molecule has 92 valence electrons. The lowest BCUT2D eigenvalue weighted by molar-refractivity contribution is -0.384. The Labute approximate surface area is 109 Å². The first-order valence-electron chi connectivity index (χ1n) is 5.27. The summed E-state index contributed by atoms with van der Waals surface area (Å²) in [5, 5.41) is 10.6. The van der Waals surface area contributed by atoms with Gasteiger partial charge in [-0.15, -0.1) is 6.58 Å². The summed E-state index contributed by atoms with van der Waals surface area (Å²) in [4.78, 5) is 12.3. The van der Waals surface area contributed by atoms with Crippen molar-refractivity contribution in [1.29, 1.82) is 0 Å². The van der Waals surface area contributed by atoms with Crippen LogP contribution in [-0.2, 0) is 6.42 Å². The summed E-state index contributed by atoms with van der Waals surface area (Å²) in [7, 11) is 2.01. The average molecular weight is 299 g/mol. The summed E-state index contributed by atoms with van der Waals surface area (Å²) in [6.07, 6.45) is 2.70. The third-order valence-electron chi connectivity index (χ3n) is 2.45. The molecule has 0 bridgehead atoms. The number of nitro benzene ring substituents is 1. The molecule has 0 amide bonds. The number of nitro groups is 1. The fraction of sp³-hybridized carbons (Fsp3) is 0.333. The van der Waals surface area contributed by atoms with Crippen molar-refractivity contribution in [2.24, 2.45) is 0 Å². The normalized spacial score (nSPS) is 10.5. The maximum atomic E-state index is 10.6. The fourth-order valence-electron chi connectivity index (χ4n) is 1.48. The lowest BCUT2D eigenvalue weighted by Gasteiger charge is -2.14. The molecule has 1 aromatic rings. The Bertz CT molecular complexity index is 421. The van der Waals surface area contributed by atoms with Gasteiger partial charge in [-0.2, -0.15) is 0 Å². The number of benzene rings is 1. The molecule has 0 atom stereocenters. The van der Waals surface area contributed by atoms with Gasteiger partial charge in [0.05, 0.1) is 4.92 Å². The quantitative estimate of drug-likeness (QED) is 0.461. The molecule has 0 spiro atoms. The Balaban J connectivity index is 2.66. The molecule has 0 saturated heterocycles. The van der Waals surface area contributed by atoms with E-state index in [1.807, 2.05) is 13.1 Å². The highest BCUT2D eigenvalue weighted by Gasteiger charge is 2.09. The zero-order chi connectivity index (χ0) is 12.8. The minimum atomic E-state index is -0.390. The first kappa shape index (κ1) is 13.9. The van der Waals surface area contributed by atoms with Gasteiger partial charge in [0, 0.05) is 29.7 Å². The minimum Gasteiger partial charge on any atom is -0.302 e. The Hall–Kier alpha value is -1.20. The van der Waals surface area contributed by atoms with Gasteiger partial charge in [0.25, 0.3) is 5.69 Å². The Kier molecular flexibility index (Phi) is 5.31. The standard InChI is InChI=1S/C12H15BrN2O2/c1-3-7-14(2)8-6-10-4-5-11(15(16)17)9-12(10)13/h3-5,9H,1,6-8H2,2H3. The lowest BCUT2D eigenvalue weighted by atomic mass is 10.1. The molecule has 0 N–H and O–H groups in total. The van der Waals surface area contributed by atoms with Crippen LogP contribution in [-0.4, -0.2) is 30.0 Å². The number of hydrogen-bond donors (Lipinski definition) is 0. The molecule has 0 aromatic heterocycles. The Morgan fingerprint density at radius 2 is 2.29 bits per heavy atom. The molecule has 5 heteroatoms. The minimum absolute atomic E-state index is 0.111. The van der Waals surface area contributed by atoms with Crippen molar-refractivity contribution in [1.82, 2.24) is 4.90 Å². The molecule has 17 heavy (non-hydrogen) atoms. The molecule has 0 aliphatic heterocycles. The predicted molar refractivity (Wildman–Crippen MR) is 72.2 cm³/mol. The van der Waals surface area contributed by atoms with Gasteiger partial charge in [0.2, 0.25) is 0 Å².